The molecule has 0 atom stereocenters. The Morgan fingerprint density at radius 2 is 1.47 bits per heavy atom. The highest BCUT2D eigenvalue weighted by atomic mass is 16.7. The highest BCUT2D eigenvalue weighted by molar-refractivity contribution is 5.29. The lowest BCUT2D eigenvalue weighted by molar-refractivity contribution is -0.277. The Hall–Kier alpha value is -1.12. The first-order valence-corrected chi connectivity index (χ1v) is 12.4. The van der Waals surface area contributed by atoms with E-state index in [1.54, 1.807) is 5.56 Å². The van der Waals surface area contributed by atoms with Gasteiger partial charge in [-0.15, -0.1) is 6.58 Å². The van der Waals surface area contributed by atoms with E-state index in [-0.39, 0.29) is 11.1 Å². The van der Waals surface area contributed by atoms with Crippen LogP contribution in [0.4, 0.5) is 0 Å². The molecule has 3 rings (SSSR count). The Balaban J connectivity index is 1.63. The van der Waals surface area contributed by atoms with E-state index < -0.39 is 0 Å². The molecule has 1 aromatic carbocycles. The van der Waals surface area contributed by atoms with Gasteiger partial charge in [0.15, 0.2) is 0 Å². The van der Waals surface area contributed by atoms with Gasteiger partial charge in [-0.1, -0.05) is 56.5 Å². The number of piperidine rings is 1. The summed E-state index contributed by atoms with van der Waals surface area (Å²) in [6, 6.07) is 9.73. The molecule has 2 heteroatoms. The van der Waals surface area contributed by atoms with E-state index in [2.05, 4.69) is 70.5 Å². The summed E-state index contributed by atoms with van der Waals surface area (Å²) in [5.41, 5.74) is 3.08. The van der Waals surface area contributed by atoms with Gasteiger partial charge in [0.1, 0.15) is 0 Å². The Bertz CT molecular complexity index is 648. The van der Waals surface area contributed by atoms with E-state index in [1.807, 2.05) is 6.08 Å². The highest BCUT2D eigenvalue weighted by Crippen LogP contribution is 2.46. The standard InChI is InChI=1S/C28H45NO/c1-7-9-10-22-11-13-23(14-12-22)24-15-17-25(18-16-24)26-20-27(3,4)29(30-19-8-2)28(5,6)21-26/h8,15-18,22-23,26H,2,7,9-14,19-21H2,1,3-6H3. The van der Waals surface area contributed by atoms with Crippen LogP contribution in [-0.2, 0) is 4.84 Å². The van der Waals surface area contributed by atoms with E-state index in [0.717, 1.165) is 24.7 Å². The molecule has 1 saturated heterocycles. The molecular weight excluding hydrogens is 366 g/mol. The third-order valence-electron chi connectivity index (χ3n) is 7.60. The van der Waals surface area contributed by atoms with Crippen LogP contribution in [0.15, 0.2) is 36.9 Å². The molecule has 2 nitrogen and oxygen atoms in total. The van der Waals surface area contributed by atoms with Crippen molar-refractivity contribution in [2.45, 2.75) is 115 Å². The van der Waals surface area contributed by atoms with Crippen molar-refractivity contribution in [1.29, 1.82) is 0 Å². The zero-order valence-electron chi connectivity index (χ0n) is 20.3. The van der Waals surface area contributed by atoms with E-state index in [1.165, 1.54) is 50.5 Å². The second-order valence-electron chi connectivity index (χ2n) is 11.1. The molecule has 1 aliphatic heterocycles. The largest absolute Gasteiger partial charge is 0.294 e. The first-order valence-electron chi connectivity index (χ1n) is 12.4. The van der Waals surface area contributed by atoms with Gasteiger partial charge < -0.3 is 0 Å². The fraction of sp³-hybridized carbons (Fsp3) is 0.714. The number of hydrogen-bond acceptors (Lipinski definition) is 2. The molecular formula is C28H45NO. The molecule has 2 aliphatic rings. The van der Waals surface area contributed by atoms with Gasteiger partial charge >= 0.3 is 0 Å². The number of benzene rings is 1. The molecule has 0 spiro atoms. The zero-order chi connectivity index (χ0) is 21.8. The molecule has 0 aromatic heterocycles. The van der Waals surface area contributed by atoms with Gasteiger partial charge in [-0.2, -0.15) is 5.06 Å². The van der Waals surface area contributed by atoms with Crippen LogP contribution < -0.4 is 0 Å². The van der Waals surface area contributed by atoms with Gasteiger partial charge in [-0.05, 0) is 95.1 Å². The van der Waals surface area contributed by atoms with Crippen molar-refractivity contribution in [2.24, 2.45) is 5.92 Å². The van der Waals surface area contributed by atoms with Crippen molar-refractivity contribution in [3.05, 3.63) is 48.0 Å². The lowest BCUT2D eigenvalue weighted by atomic mass is 9.72. The van der Waals surface area contributed by atoms with Gasteiger partial charge in [-0.3, -0.25) is 4.84 Å². The Labute approximate surface area is 186 Å². The van der Waals surface area contributed by atoms with Crippen molar-refractivity contribution < 1.29 is 4.84 Å². The molecule has 0 radical (unpaired) electrons. The Morgan fingerprint density at radius 3 is 1.97 bits per heavy atom. The van der Waals surface area contributed by atoms with E-state index in [9.17, 15) is 0 Å². The summed E-state index contributed by atoms with van der Waals surface area (Å²) in [6.07, 6.45) is 13.9. The number of rotatable bonds is 8. The van der Waals surface area contributed by atoms with Crippen molar-refractivity contribution in [2.75, 3.05) is 6.61 Å². The van der Waals surface area contributed by atoms with Gasteiger partial charge in [0.25, 0.3) is 0 Å². The van der Waals surface area contributed by atoms with Gasteiger partial charge in [0, 0.05) is 11.1 Å². The minimum absolute atomic E-state index is 0.00493. The second kappa shape index (κ2) is 10.0. The molecule has 1 aromatic rings. The van der Waals surface area contributed by atoms with Gasteiger partial charge in [0.05, 0.1) is 6.61 Å². The molecule has 1 aliphatic carbocycles. The van der Waals surface area contributed by atoms with Crippen LogP contribution in [-0.4, -0.2) is 22.7 Å². The maximum atomic E-state index is 6.09. The number of nitrogens with zero attached hydrogens (tertiary/aromatic N) is 1. The monoisotopic (exact) mass is 411 g/mol. The van der Waals surface area contributed by atoms with Crippen molar-refractivity contribution in [3.8, 4) is 0 Å². The zero-order valence-corrected chi connectivity index (χ0v) is 20.3. The first kappa shape index (κ1) is 23.5. The normalized spacial score (nSPS) is 27.1. The van der Waals surface area contributed by atoms with Crippen LogP contribution in [0.5, 0.6) is 0 Å². The van der Waals surface area contributed by atoms with Crippen LogP contribution in [0.1, 0.15) is 115 Å². The lowest BCUT2D eigenvalue weighted by Crippen LogP contribution is -2.59. The van der Waals surface area contributed by atoms with E-state index in [0.29, 0.717) is 12.5 Å². The fourth-order valence-corrected chi connectivity index (χ4v) is 6.29. The highest BCUT2D eigenvalue weighted by Gasteiger charge is 2.46. The summed E-state index contributed by atoms with van der Waals surface area (Å²) in [7, 11) is 0. The summed E-state index contributed by atoms with van der Waals surface area (Å²) < 4.78 is 0. The molecule has 2 fully saturated rings. The number of hydrogen-bond donors (Lipinski definition) is 0. The minimum Gasteiger partial charge on any atom is -0.294 e. The Morgan fingerprint density at radius 1 is 0.933 bits per heavy atom. The van der Waals surface area contributed by atoms with Crippen LogP contribution in [0.3, 0.4) is 0 Å². The van der Waals surface area contributed by atoms with Gasteiger partial charge in [-0.25, -0.2) is 0 Å². The van der Waals surface area contributed by atoms with Crippen molar-refractivity contribution in [1.82, 2.24) is 5.06 Å². The predicted octanol–water partition coefficient (Wildman–Crippen LogP) is 8.00. The van der Waals surface area contributed by atoms with Crippen LogP contribution >= 0.6 is 0 Å². The molecule has 30 heavy (non-hydrogen) atoms. The van der Waals surface area contributed by atoms with Crippen LogP contribution in [0.2, 0.25) is 0 Å². The average Bonchev–Trinajstić information content (AvgIpc) is 2.71. The minimum atomic E-state index is 0.00493. The average molecular weight is 412 g/mol. The van der Waals surface area contributed by atoms with Crippen LogP contribution in [0.25, 0.3) is 0 Å². The summed E-state index contributed by atoms with van der Waals surface area (Å²) in [4.78, 5) is 6.09. The maximum absolute atomic E-state index is 6.09. The van der Waals surface area contributed by atoms with E-state index in [4.69, 9.17) is 4.84 Å². The van der Waals surface area contributed by atoms with Crippen LogP contribution in [0, 0.1) is 5.92 Å². The molecule has 0 unspecified atom stereocenters. The molecule has 168 valence electrons. The number of hydroxylamine groups is 2. The number of unbranched alkanes of at least 4 members (excludes halogenated alkanes) is 1. The third kappa shape index (κ3) is 5.56. The quantitative estimate of drug-likeness (QED) is 0.402. The second-order valence-corrected chi connectivity index (χ2v) is 11.1. The summed E-state index contributed by atoms with van der Waals surface area (Å²) >= 11 is 0. The summed E-state index contributed by atoms with van der Waals surface area (Å²) in [5.74, 6) is 2.34. The maximum Gasteiger partial charge on any atom is 0.0864 e. The SMILES string of the molecule is C=CCON1C(C)(C)CC(c2ccc(C3CCC(CCCC)CC3)cc2)CC1(C)C. The molecule has 0 N–H and O–H groups in total. The summed E-state index contributed by atoms with van der Waals surface area (Å²) in [6.45, 7) is 16.0. The smallest absolute Gasteiger partial charge is 0.0864 e. The molecule has 1 saturated carbocycles. The van der Waals surface area contributed by atoms with Crippen molar-refractivity contribution >= 4 is 0 Å². The summed E-state index contributed by atoms with van der Waals surface area (Å²) in [5, 5.41) is 2.23. The first-order chi connectivity index (χ1) is 14.3. The molecule has 1 heterocycles. The topological polar surface area (TPSA) is 12.5 Å². The Kier molecular flexibility index (Phi) is 7.85. The van der Waals surface area contributed by atoms with Gasteiger partial charge in [0.2, 0.25) is 0 Å². The molecule has 0 bridgehead atoms. The van der Waals surface area contributed by atoms with E-state index >= 15 is 0 Å². The molecule has 0 amide bonds. The third-order valence-corrected chi connectivity index (χ3v) is 7.60. The predicted molar refractivity (Wildman–Crippen MR) is 129 cm³/mol. The fourth-order valence-electron chi connectivity index (χ4n) is 6.29. The lowest BCUT2D eigenvalue weighted by Gasteiger charge is -2.54. The van der Waals surface area contributed by atoms with Crippen molar-refractivity contribution in [3.63, 3.8) is 0 Å².